The second kappa shape index (κ2) is 5.49. The van der Waals surface area contributed by atoms with Crippen LogP contribution in [0.4, 0.5) is 0 Å². The highest BCUT2D eigenvalue weighted by Gasteiger charge is 2.08. The SMILES string of the molecule is CN(C)Cc1cc(=O)c(O)cn1CCC(=O)O. The van der Waals surface area contributed by atoms with Gasteiger partial charge in [0.15, 0.2) is 5.75 Å². The standard InChI is InChI=1S/C11H16N2O4/c1-12(2)6-8-5-9(14)10(15)7-13(8)4-3-11(16)17/h5,7,15H,3-4,6H2,1-2H3,(H,16,17). The average Bonchev–Trinajstić information content (AvgIpc) is 2.20. The lowest BCUT2D eigenvalue weighted by Crippen LogP contribution is -2.20. The molecule has 0 aliphatic heterocycles. The monoisotopic (exact) mass is 240 g/mol. The maximum absolute atomic E-state index is 11.3. The van der Waals surface area contributed by atoms with Crippen molar-refractivity contribution in [2.24, 2.45) is 0 Å². The van der Waals surface area contributed by atoms with Crippen molar-refractivity contribution in [3.05, 3.63) is 28.2 Å². The summed E-state index contributed by atoms with van der Waals surface area (Å²) >= 11 is 0. The summed E-state index contributed by atoms with van der Waals surface area (Å²) in [5.41, 5.74) is 0.229. The highest BCUT2D eigenvalue weighted by Crippen LogP contribution is 2.08. The number of hydrogen-bond acceptors (Lipinski definition) is 4. The van der Waals surface area contributed by atoms with E-state index in [1.54, 1.807) is 4.57 Å². The summed E-state index contributed by atoms with van der Waals surface area (Å²) in [5, 5.41) is 18.0. The van der Waals surface area contributed by atoms with Crippen molar-refractivity contribution >= 4 is 5.97 Å². The van der Waals surface area contributed by atoms with E-state index in [0.29, 0.717) is 12.2 Å². The third kappa shape index (κ3) is 3.92. The number of carboxylic acids is 1. The molecule has 0 unspecified atom stereocenters. The van der Waals surface area contributed by atoms with Crippen molar-refractivity contribution in [2.45, 2.75) is 19.5 Å². The van der Waals surface area contributed by atoms with Crippen LogP contribution < -0.4 is 5.43 Å². The van der Waals surface area contributed by atoms with E-state index in [1.807, 2.05) is 19.0 Å². The number of aryl methyl sites for hydroxylation is 1. The number of rotatable bonds is 5. The number of carboxylic acid groups (broad SMARTS) is 1. The lowest BCUT2D eigenvalue weighted by molar-refractivity contribution is -0.137. The Kier molecular flexibility index (Phi) is 4.28. The van der Waals surface area contributed by atoms with Crippen molar-refractivity contribution < 1.29 is 15.0 Å². The lowest BCUT2D eigenvalue weighted by atomic mass is 10.3. The van der Waals surface area contributed by atoms with Crippen LogP contribution in [0.1, 0.15) is 12.1 Å². The summed E-state index contributed by atoms with van der Waals surface area (Å²) < 4.78 is 1.59. The van der Waals surface area contributed by atoms with E-state index in [4.69, 9.17) is 5.11 Å². The van der Waals surface area contributed by atoms with Crippen molar-refractivity contribution in [2.75, 3.05) is 14.1 Å². The predicted octanol–water partition coefficient (Wildman–Crippen LogP) is 0.0902. The van der Waals surface area contributed by atoms with Gasteiger partial charge in [-0.05, 0) is 14.1 Å². The molecule has 0 aliphatic carbocycles. The quantitative estimate of drug-likeness (QED) is 0.762. The van der Waals surface area contributed by atoms with Crippen molar-refractivity contribution in [1.82, 2.24) is 9.47 Å². The molecule has 1 aromatic heterocycles. The topological polar surface area (TPSA) is 82.8 Å². The molecule has 6 nitrogen and oxygen atoms in total. The van der Waals surface area contributed by atoms with Crippen molar-refractivity contribution in [3.63, 3.8) is 0 Å². The molecule has 2 N–H and O–H groups in total. The van der Waals surface area contributed by atoms with Gasteiger partial charge < -0.3 is 19.7 Å². The van der Waals surface area contributed by atoms with Gasteiger partial charge in [0.2, 0.25) is 5.43 Å². The first kappa shape index (κ1) is 13.2. The van der Waals surface area contributed by atoms with Crippen LogP contribution in [-0.2, 0) is 17.9 Å². The Labute approximate surface area is 98.7 Å². The number of aromatic hydroxyl groups is 1. The van der Waals surface area contributed by atoms with E-state index < -0.39 is 11.4 Å². The van der Waals surface area contributed by atoms with Gasteiger partial charge in [-0.3, -0.25) is 9.59 Å². The summed E-state index contributed by atoms with van der Waals surface area (Å²) in [6.45, 7) is 0.738. The Morgan fingerprint density at radius 2 is 2.12 bits per heavy atom. The minimum Gasteiger partial charge on any atom is -0.503 e. The molecule has 94 valence electrons. The minimum atomic E-state index is -0.918. The molecule has 0 radical (unpaired) electrons. The van der Waals surface area contributed by atoms with Gasteiger partial charge in [-0.25, -0.2) is 0 Å². The van der Waals surface area contributed by atoms with Crippen molar-refractivity contribution in [3.8, 4) is 5.75 Å². The Morgan fingerprint density at radius 1 is 1.47 bits per heavy atom. The highest BCUT2D eigenvalue weighted by molar-refractivity contribution is 5.66. The third-order valence-corrected chi connectivity index (χ3v) is 2.24. The van der Waals surface area contributed by atoms with Crippen LogP contribution in [0.25, 0.3) is 0 Å². The molecular weight excluding hydrogens is 224 g/mol. The molecule has 0 fully saturated rings. The molecule has 0 spiro atoms. The van der Waals surface area contributed by atoms with Crippen LogP contribution >= 0.6 is 0 Å². The Hall–Kier alpha value is -1.82. The third-order valence-electron chi connectivity index (χ3n) is 2.24. The average molecular weight is 240 g/mol. The largest absolute Gasteiger partial charge is 0.503 e. The molecule has 0 saturated heterocycles. The van der Waals surface area contributed by atoms with Crippen molar-refractivity contribution in [1.29, 1.82) is 0 Å². The number of aromatic nitrogens is 1. The van der Waals surface area contributed by atoms with Gasteiger partial charge in [0, 0.05) is 24.8 Å². The Morgan fingerprint density at radius 3 is 2.65 bits per heavy atom. The highest BCUT2D eigenvalue weighted by atomic mass is 16.4. The molecule has 0 aliphatic rings. The molecular formula is C11H16N2O4. The van der Waals surface area contributed by atoms with Crippen LogP contribution in [0.15, 0.2) is 17.1 Å². The fourth-order valence-corrected chi connectivity index (χ4v) is 1.49. The number of hydrogen-bond donors (Lipinski definition) is 2. The molecule has 0 atom stereocenters. The fraction of sp³-hybridized carbons (Fsp3) is 0.455. The summed E-state index contributed by atoms with van der Waals surface area (Å²) in [7, 11) is 3.69. The second-order valence-corrected chi connectivity index (χ2v) is 4.09. The Balaban J connectivity index is 3.02. The molecule has 1 rings (SSSR count). The van der Waals surface area contributed by atoms with E-state index >= 15 is 0 Å². The Bertz CT molecular complexity index is 465. The zero-order valence-electron chi connectivity index (χ0n) is 9.88. The van der Waals surface area contributed by atoms with Gasteiger partial charge in [0.1, 0.15) is 0 Å². The summed E-state index contributed by atoms with van der Waals surface area (Å²) in [4.78, 5) is 23.7. The van der Waals surface area contributed by atoms with Crippen LogP contribution in [0.2, 0.25) is 0 Å². The summed E-state index contributed by atoms with van der Waals surface area (Å²) in [6.07, 6.45) is 1.23. The van der Waals surface area contributed by atoms with Crippen LogP contribution in [0.5, 0.6) is 5.75 Å². The summed E-state index contributed by atoms with van der Waals surface area (Å²) in [6, 6.07) is 1.33. The van der Waals surface area contributed by atoms with E-state index in [1.165, 1.54) is 12.3 Å². The number of nitrogens with zero attached hydrogens (tertiary/aromatic N) is 2. The number of pyridine rings is 1. The van der Waals surface area contributed by atoms with Gasteiger partial charge in [-0.1, -0.05) is 0 Å². The molecule has 1 aromatic rings. The zero-order valence-corrected chi connectivity index (χ0v) is 9.88. The van der Waals surface area contributed by atoms with Gasteiger partial charge >= 0.3 is 5.97 Å². The minimum absolute atomic E-state index is 0.0528. The molecule has 0 amide bonds. The van der Waals surface area contributed by atoms with E-state index in [2.05, 4.69) is 0 Å². The van der Waals surface area contributed by atoms with Crippen LogP contribution in [0.3, 0.4) is 0 Å². The first-order valence-electron chi connectivity index (χ1n) is 5.19. The van der Waals surface area contributed by atoms with E-state index in [9.17, 15) is 14.7 Å². The molecule has 0 aromatic carbocycles. The summed E-state index contributed by atoms with van der Waals surface area (Å²) in [5.74, 6) is -1.28. The van der Waals surface area contributed by atoms with E-state index in [0.717, 1.165) is 0 Å². The van der Waals surface area contributed by atoms with Crippen LogP contribution in [0, 0.1) is 0 Å². The molecule has 17 heavy (non-hydrogen) atoms. The second-order valence-electron chi connectivity index (χ2n) is 4.09. The van der Waals surface area contributed by atoms with Gasteiger partial charge in [-0.15, -0.1) is 0 Å². The van der Waals surface area contributed by atoms with Crippen LogP contribution in [-0.4, -0.2) is 39.7 Å². The first-order valence-corrected chi connectivity index (χ1v) is 5.19. The maximum Gasteiger partial charge on any atom is 0.305 e. The molecule has 0 bridgehead atoms. The first-order chi connectivity index (χ1) is 7.90. The number of carbonyl (C=O) groups is 1. The predicted molar refractivity (Wildman–Crippen MR) is 62.0 cm³/mol. The maximum atomic E-state index is 11.3. The van der Waals surface area contributed by atoms with Gasteiger partial charge in [0.25, 0.3) is 0 Å². The number of aliphatic carboxylic acids is 1. The molecule has 6 heteroatoms. The molecule has 1 heterocycles. The van der Waals surface area contributed by atoms with E-state index in [-0.39, 0.29) is 18.7 Å². The normalized spacial score (nSPS) is 10.8. The van der Waals surface area contributed by atoms with Gasteiger partial charge in [0.05, 0.1) is 12.6 Å². The van der Waals surface area contributed by atoms with Gasteiger partial charge in [-0.2, -0.15) is 0 Å². The fourth-order valence-electron chi connectivity index (χ4n) is 1.49. The zero-order chi connectivity index (χ0) is 13.0. The smallest absolute Gasteiger partial charge is 0.305 e. The lowest BCUT2D eigenvalue weighted by Gasteiger charge is -2.16. The molecule has 0 saturated carbocycles.